The first-order chi connectivity index (χ1) is 8.75. The normalized spacial score (nSPS) is 27.8. The van der Waals surface area contributed by atoms with E-state index in [0.29, 0.717) is 11.8 Å². The van der Waals surface area contributed by atoms with E-state index in [0.717, 1.165) is 12.8 Å². The third-order valence-corrected chi connectivity index (χ3v) is 3.65. The van der Waals surface area contributed by atoms with E-state index in [-0.39, 0.29) is 18.9 Å². The van der Waals surface area contributed by atoms with Crippen LogP contribution in [-0.4, -0.2) is 33.9 Å². The average molecular weight is 270 g/mol. The van der Waals surface area contributed by atoms with E-state index in [9.17, 15) is 9.59 Å². The van der Waals surface area contributed by atoms with Gasteiger partial charge in [-0.05, 0) is 30.1 Å². The van der Waals surface area contributed by atoms with Crippen LogP contribution in [0.5, 0.6) is 0 Å². The molecule has 2 aliphatic carbocycles. The highest BCUT2D eigenvalue weighted by Crippen LogP contribution is 2.43. The Labute approximate surface area is 112 Å². The second-order valence-electron chi connectivity index (χ2n) is 6.12. The van der Waals surface area contributed by atoms with Crippen LogP contribution in [0, 0.1) is 23.2 Å². The Balaban J connectivity index is 0.000000192. The summed E-state index contributed by atoms with van der Waals surface area (Å²) in [5, 5.41) is 25.6. The van der Waals surface area contributed by atoms with Crippen LogP contribution in [0.2, 0.25) is 0 Å². The Morgan fingerprint density at radius 2 is 1.84 bits per heavy atom. The molecule has 2 aliphatic rings. The molecule has 3 atom stereocenters. The smallest absolute Gasteiger partial charge is 0.307 e. The van der Waals surface area contributed by atoms with Gasteiger partial charge in [-0.1, -0.05) is 26.0 Å². The molecular weight excluding hydrogens is 248 g/mol. The van der Waals surface area contributed by atoms with Gasteiger partial charge < -0.3 is 15.3 Å². The first kappa shape index (κ1) is 15.7. The van der Waals surface area contributed by atoms with Crippen LogP contribution >= 0.6 is 0 Å². The first-order valence-corrected chi connectivity index (χ1v) is 6.49. The molecule has 3 N–H and O–H groups in total. The first-order valence-electron chi connectivity index (χ1n) is 6.49. The van der Waals surface area contributed by atoms with Crippen LogP contribution < -0.4 is 0 Å². The van der Waals surface area contributed by atoms with Gasteiger partial charge in [0.25, 0.3) is 0 Å². The number of carboxylic acid groups (broad SMARTS) is 2. The van der Waals surface area contributed by atoms with Gasteiger partial charge in [0.1, 0.15) is 0 Å². The lowest BCUT2D eigenvalue weighted by molar-refractivity contribution is -0.142. The predicted molar refractivity (Wildman–Crippen MR) is 69.6 cm³/mol. The number of allylic oxidation sites excluding steroid dienone is 2. The zero-order chi connectivity index (χ0) is 14.6. The molecule has 0 heterocycles. The molecule has 0 saturated heterocycles. The summed E-state index contributed by atoms with van der Waals surface area (Å²) in [5.74, 6) is -0.630. The van der Waals surface area contributed by atoms with E-state index < -0.39 is 17.4 Å². The van der Waals surface area contributed by atoms with Crippen molar-refractivity contribution in [3.8, 4) is 0 Å². The Hall–Kier alpha value is -1.36. The fraction of sp³-hybridized carbons (Fsp3) is 0.714. The molecule has 1 fully saturated rings. The number of hydrogen-bond acceptors (Lipinski definition) is 3. The predicted octanol–water partition coefficient (Wildman–Crippen LogP) is 1.76. The standard InChI is InChI=1S/C8H10O2.C6H12O3/c9-8(10)7-4-5-1-2-6(7)3-5;1-6(2,4-7)3-5(8)9/h1-2,5-7H,3-4H2,(H,9,10);7H,3-4H2,1-2H3,(H,8,9). The quantitative estimate of drug-likeness (QED) is 0.677. The fourth-order valence-electron chi connectivity index (χ4n) is 2.53. The lowest BCUT2D eigenvalue weighted by atomic mass is 9.91. The maximum absolute atomic E-state index is 10.6. The van der Waals surface area contributed by atoms with Gasteiger partial charge in [0.05, 0.1) is 12.3 Å². The molecule has 108 valence electrons. The van der Waals surface area contributed by atoms with Crippen molar-refractivity contribution in [1.29, 1.82) is 0 Å². The molecule has 19 heavy (non-hydrogen) atoms. The Bertz CT molecular complexity index is 372. The average Bonchev–Trinajstić information content (AvgIpc) is 2.89. The van der Waals surface area contributed by atoms with Crippen molar-refractivity contribution in [2.24, 2.45) is 23.2 Å². The number of rotatable bonds is 4. The van der Waals surface area contributed by atoms with Crippen LogP contribution in [0.1, 0.15) is 33.1 Å². The third-order valence-electron chi connectivity index (χ3n) is 3.65. The van der Waals surface area contributed by atoms with Crippen LogP contribution in [0.15, 0.2) is 12.2 Å². The van der Waals surface area contributed by atoms with E-state index in [2.05, 4.69) is 12.2 Å². The number of fused-ring (bicyclic) bond motifs is 2. The molecule has 0 aromatic carbocycles. The highest BCUT2D eigenvalue weighted by atomic mass is 16.4. The maximum atomic E-state index is 10.6. The molecule has 5 nitrogen and oxygen atoms in total. The summed E-state index contributed by atoms with van der Waals surface area (Å²) in [6.45, 7) is 3.33. The van der Waals surface area contributed by atoms with Crippen molar-refractivity contribution in [2.45, 2.75) is 33.1 Å². The van der Waals surface area contributed by atoms with Crippen LogP contribution in [0.25, 0.3) is 0 Å². The van der Waals surface area contributed by atoms with Crippen molar-refractivity contribution in [3.63, 3.8) is 0 Å². The van der Waals surface area contributed by atoms with Crippen LogP contribution in [0.3, 0.4) is 0 Å². The molecule has 3 unspecified atom stereocenters. The van der Waals surface area contributed by atoms with Crippen molar-refractivity contribution in [3.05, 3.63) is 12.2 Å². The van der Waals surface area contributed by atoms with Crippen LogP contribution in [0.4, 0.5) is 0 Å². The highest BCUT2D eigenvalue weighted by Gasteiger charge is 2.39. The van der Waals surface area contributed by atoms with Gasteiger partial charge in [-0.2, -0.15) is 0 Å². The molecule has 0 spiro atoms. The maximum Gasteiger partial charge on any atom is 0.307 e. The van der Waals surface area contributed by atoms with Gasteiger partial charge in [0, 0.05) is 6.61 Å². The topological polar surface area (TPSA) is 94.8 Å². The molecule has 0 amide bonds. The van der Waals surface area contributed by atoms with Gasteiger partial charge >= 0.3 is 11.9 Å². The number of carbonyl (C=O) groups is 2. The van der Waals surface area contributed by atoms with Gasteiger partial charge in [0.2, 0.25) is 0 Å². The lowest BCUT2D eigenvalue weighted by Crippen LogP contribution is -2.20. The zero-order valence-corrected chi connectivity index (χ0v) is 11.4. The summed E-state index contributed by atoms with van der Waals surface area (Å²) in [5.41, 5.74) is -0.480. The Kier molecular flexibility index (Phi) is 5.11. The van der Waals surface area contributed by atoms with Gasteiger partial charge in [0.15, 0.2) is 0 Å². The van der Waals surface area contributed by atoms with Crippen LogP contribution in [-0.2, 0) is 9.59 Å². The van der Waals surface area contributed by atoms with E-state index >= 15 is 0 Å². The molecule has 1 saturated carbocycles. The monoisotopic (exact) mass is 270 g/mol. The Morgan fingerprint density at radius 3 is 2.05 bits per heavy atom. The van der Waals surface area contributed by atoms with Crippen molar-refractivity contribution >= 4 is 11.9 Å². The van der Waals surface area contributed by atoms with E-state index in [1.807, 2.05) is 0 Å². The summed E-state index contributed by atoms with van der Waals surface area (Å²) in [6, 6.07) is 0. The second-order valence-corrected chi connectivity index (χ2v) is 6.12. The highest BCUT2D eigenvalue weighted by molar-refractivity contribution is 5.71. The van der Waals surface area contributed by atoms with Gasteiger partial charge in [-0.15, -0.1) is 0 Å². The summed E-state index contributed by atoms with van der Waals surface area (Å²) >= 11 is 0. The summed E-state index contributed by atoms with van der Waals surface area (Å²) in [4.78, 5) is 20.6. The molecule has 0 aliphatic heterocycles. The van der Waals surface area contributed by atoms with E-state index in [1.165, 1.54) is 0 Å². The summed E-state index contributed by atoms with van der Waals surface area (Å²) < 4.78 is 0. The number of carboxylic acids is 2. The minimum absolute atomic E-state index is 0.0174. The second kappa shape index (κ2) is 6.19. The summed E-state index contributed by atoms with van der Waals surface area (Å²) in [6.07, 6.45) is 6.19. The largest absolute Gasteiger partial charge is 0.481 e. The lowest BCUT2D eigenvalue weighted by Gasteiger charge is -2.17. The van der Waals surface area contributed by atoms with Crippen molar-refractivity contribution < 1.29 is 24.9 Å². The van der Waals surface area contributed by atoms with E-state index in [1.54, 1.807) is 13.8 Å². The zero-order valence-electron chi connectivity index (χ0n) is 11.4. The number of aliphatic carboxylic acids is 2. The van der Waals surface area contributed by atoms with Crippen molar-refractivity contribution in [1.82, 2.24) is 0 Å². The minimum atomic E-state index is -0.867. The fourth-order valence-corrected chi connectivity index (χ4v) is 2.53. The number of hydrogen-bond donors (Lipinski definition) is 3. The SMILES string of the molecule is CC(C)(CO)CC(=O)O.O=C(O)C1CC2C=CC1C2. The number of aliphatic hydroxyl groups excluding tert-OH is 1. The van der Waals surface area contributed by atoms with E-state index in [4.69, 9.17) is 15.3 Å². The molecule has 5 heteroatoms. The molecular formula is C14H22O5. The van der Waals surface area contributed by atoms with Gasteiger partial charge in [-0.3, -0.25) is 9.59 Å². The molecule has 2 rings (SSSR count). The molecule has 0 aromatic heterocycles. The summed E-state index contributed by atoms with van der Waals surface area (Å²) in [7, 11) is 0. The molecule has 0 aromatic rings. The van der Waals surface area contributed by atoms with Gasteiger partial charge in [-0.25, -0.2) is 0 Å². The van der Waals surface area contributed by atoms with Crippen molar-refractivity contribution in [2.75, 3.05) is 6.61 Å². The molecule has 2 bridgehead atoms. The third kappa shape index (κ3) is 4.67. The molecule has 0 radical (unpaired) electrons. The number of aliphatic hydroxyl groups is 1. The Morgan fingerprint density at radius 1 is 1.21 bits per heavy atom. The minimum Gasteiger partial charge on any atom is -0.481 e.